The minimum absolute atomic E-state index is 0.209. The summed E-state index contributed by atoms with van der Waals surface area (Å²) in [6, 6.07) is 6.76. The molecule has 0 aliphatic heterocycles. The van der Waals surface area contributed by atoms with Gasteiger partial charge in [-0.05, 0) is 43.5 Å². The number of nitrogens with zero attached hydrogens (tertiary/aromatic N) is 2. The lowest BCUT2D eigenvalue weighted by molar-refractivity contribution is 0.734. The highest BCUT2D eigenvalue weighted by molar-refractivity contribution is 7.99. The number of hydrogen-bond donors (Lipinski definition) is 1. The van der Waals surface area contributed by atoms with Crippen molar-refractivity contribution in [2.75, 3.05) is 0 Å². The van der Waals surface area contributed by atoms with Crippen molar-refractivity contribution in [2.24, 2.45) is 12.8 Å². The molecule has 18 heavy (non-hydrogen) atoms. The van der Waals surface area contributed by atoms with Crippen LogP contribution in [0.25, 0.3) is 0 Å². The highest BCUT2D eigenvalue weighted by atomic mass is 32.2. The SMILES string of the molecule is Cc1cc(Sc2cnn(C)c2)ccc1CC(C)N. The summed E-state index contributed by atoms with van der Waals surface area (Å²) >= 11 is 1.74. The molecule has 96 valence electrons. The van der Waals surface area contributed by atoms with E-state index < -0.39 is 0 Å². The second-order valence-electron chi connectivity index (χ2n) is 4.72. The van der Waals surface area contributed by atoms with Crippen LogP contribution in [0.2, 0.25) is 0 Å². The fourth-order valence-corrected chi connectivity index (χ4v) is 2.84. The smallest absolute Gasteiger partial charge is 0.0629 e. The fourth-order valence-electron chi connectivity index (χ4n) is 1.90. The minimum Gasteiger partial charge on any atom is -0.328 e. The minimum atomic E-state index is 0.209. The van der Waals surface area contributed by atoms with E-state index >= 15 is 0 Å². The standard InChI is InChI=1S/C14H19N3S/c1-10-6-13(5-4-12(10)7-11(2)15)18-14-8-16-17(3)9-14/h4-6,8-9,11H,7,15H2,1-3H3. The van der Waals surface area contributed by atoms with Crippen LogP contribution in [0.4, 0.5) is 0 Å². The number of hydrogen-bond acceptors (Lipinski definition) is 3. The number of aromatic nitrogens is 2. The molecule has 1 heterocycles. The van der Waals surface area contributed by atoms with Gasteiger partial charge in [0.15, 0.2) is 0 Å². The van der Waals surface area contributed by atoms with Gasteiger partial charge in [-0.15, -0.1) is 0 Å². The molecule has 1 aromatic heterocycles. The first-order valence-corrected chi connectivity index (χ1v) is 6.88. The van der Waals surface area contributed by atoms with Gasteiger partial charge in [0, 0.05) is 24.2 Å². The molecular weight excluding hydrogens is 242 g/mol. The lowest BCUT2D eigenvalue weighted by Gasteiger charge is -2.10. The van der Waals surface area contributed by atoms with E-state index in [2.05, 4.69) is 30.2 Å². The first kappa shape index (κ1) is 13.2. The molecule has 0 aliphatic carbocycles. The summed E-state index contributed by atoms with van der Waals surface area (Å²) in [5, 5.41) is 4.17. The van der Waals surface area contributed by atoms with Crippen molar-refractivity contribution >= 4 is 11.8 Å². The molecule has 4 heteroatoms. The second kappa shape index (κ2) is 5.59. The highest BCUT2D eigenvalue weighted by Gasteiger charge is 2.05. The van der Waals surface area contributed by atoms with Gasteiger partial charge in [0.25, 0.3) is 0 Å². The molecule has 1 atom stereocenters. The average Bonchev–Trinajstić information content (AvgIpc) is 2.68. The zero-order chi connectivity index (χ0) is 13.1. The van der Waals surface area contributed by atoms with Crippen LogP contribution in [0.3, 0.4) is 0 Å². The zero-order valence-corrected chi connectivity index (χ0v) is 11.9. The van der Waals surface area contributed by atoms with Gasteiger partial charge in [-0.25, -0.2) is 0 Å². The van der Waals surface area contributed by atoms with Crippen molar-refractivity contribution in [2.45, 2.75) is 36.1 Å². The van der Waals surface area contributed by atoms with Crippen LogP contribution >= 0.6 is 11.8 Å². The van der Waals surface area contributed by atoms with Crippen LogP contribution < -0.4 is 5.73 Å². The van der Waals surface area contributed by atoms with Gasteiger partial charge in [0.1, 0.15) is 0 Å². The van der Waals surface area contributed by atoms with Gasteiger partial charge in [-0.2, -0.15) is 5.10 Å². The quantitative estimate of drug-likeness (QED) is 0.920. The van der Waals surface area contributed by atoms with Crippen LogP contribution in [0, 0.1) is 6.92 Å². The van der Waals surface area contributed by atoms with E-state index in [1.165, 1.54) is 16.0 Å². The maximum Gasteiger partial charge on any atom is 0.0629 e. The van der Waals surface area contributed by atoms with E-state index in [-0.39, 0.29) is 6.04 Å². The Balaban J connectivity index is 2.13. The van der Waals surface area contributed by atoms with E-state index in [1.807, 2.05) is 31.0 Å². The zero-order valence-electron chi connectivity index (χ0n) is 11.1. The number of aryl methyl sites for hydroxylation is 2. The molecule has 0 saturated carbocycles. The second-order valence-corrected chi connectivity index (χ2v) is 5.87. The molecule has 0 amide bonds. The van der Waals surface area contributed by atoms with Crippen LogP contribution in [-0.4, -0.2) is 15.8 Å². The third-order valence-electron chi connectivity index (χ3n) is 2.77. The average molecular weight is 261 g/mol. The third-order valence-corrected chi connectivity index (χ3v) is 3.71. The van der Waals surface area contributed by atoms with Crippen molar-refractivity contribution in [3.63, 3.8) is 0 Å². The molecule has 1 aromatic carbocycles. The predicted molar refractivity (Wildman–Crippen MR) is 75.9 cm³/mol. The molecular formula is C14H19N3S. The Kier molecular flexibility index (Phi) is 4.09. The summed E-state index contributed by atoms with van der Waals surface area (Å²) in [6.45, 7) is 4.18. The molecule has 2 N–H and O–H groups in total. The van der Waals surface area contributed by atoms with E-state index in [0.29, 0.717) is 0 Å². The number of benzene rings is 1. The first-order chi connectivity index (χ1) is 8.54. The number of rotatable bonds is 4. The first-order valence-electron chi connectivity index (χ1n) is 6.06. The van der Waals surface area contributed by atoms with Gasteiger partial charge in [-0.1, -0.05) is 17.8 Å². The fraction of sp³-hybridized carbons (Fsp3) is 0.357. The number of nitrogens with two attached hydrogens (primary N) is 1. The van der Waals surface area contributed by atoms with Gasteiger partial charge in [-0.3, -0.25) is 4.68 Å². The Morgan fingerprint density at radius 3 is 2.72 bits per heavy atom. The van der Waals surface area contributed by atoms with E-state index in [4.69, 9.17) is 5.73 Å². The largest absolute Gasteiger partial charge is 0.328 e. The molecule has 3 nitrogen and oxygen atoms in total. The maximum atomic E-state index is 5.84. The topological polar surface area (TPSA) is 43.8 Å². The Hall–Kier alpha value is -1.26. The predicted octanol–water partition coefficient (Wildman–Crippen LogP) is 2.77. The van der Waals surface area contributed by atoms with Crippen molar-refractivity contribution in [1.29, 1.82) is 0 Å². The molecule has 0 bridgehead atoms. The van der Waals surface area contributed by atoms with E-state index in [9.17, 15) is 0 Å². The summed E-state index contributed by atoms with van der Waals surface area (Å²) in [5.41, 5.74) is 8.48. The highest BCUT2D eigenvalue weighted by Crippen LogP contribution is 2.28. The van der Waals surface area contributed by atoms with E-state index in [0.717, 1.165) is 11.3 Å². The van der Waals surface area contributed by atoms with Crippen LogP contribution in [-0.2, 0) is 13.5 Å². The molecule has 2 rings (SSSR count). The summed E-state index contributed by atoms with van der Waals surface area (Å²) in [5.74, 6) is 0. The Labute approximate surface area is 112 Å². The molecule has 0 spiro atoms. The van der Waals surface area contributed by atoms with Crippen molar-refractivity contribution in [3.8, 4) is 0 Å². The maximum absolute atomic E-state index is 5.84. The summed E-state index contributed by atoms with van der Waals surface area (Å²) in [4.78, 5) is 2.41. The summed E-state index contributed by atoms with van der Waals surface area (Å²) < 4.78 is 1.82. The van der Waals surface area contributed by atoms with Crippen LogP contribution in [0.5, 0.6) is 0 Å². The Morgan fingerprint density at radius 1 is 1.39 bits per heavy atom. The third kappa shape index (κ3) is 3.37. The molecule has 0 saturated heterocycles. The lowest BCUT2D eigenvalue weighted by atomic mass is 10.0. The summed E-state index contributed by atoms with van der Waals surface area (Å²) in [6.07, 6.45) is 4.84. The van der Waals surface area contributed by atoms with Gasteiger partial charge >= 0.3 is 0 Å². The van der Waals surface area contributed by atoms with E-state index in [1.54, 1.807) is 11.8 Å². The normalized spacial score (nSPS) is 12.7. The van der Waals surface area contributed by atoms with Crippen molar-refractivity contribution in [1.82, 2.24) is 9.78 Å². The van der Waals surface area contributed by atoms with Crippen LogP contribution in [0.1, 0.15) is 18.1 Å². The Bertz CT molecular complexity index is 532. The molecule has 2 aromatic rings. The van der Waals surface area contributed by atoms with Crippen molar-refractivity contribution < 1.29 is 0 Å². The van der Waals surface area contributed by atoms with Gasteiger partial charge < -0.3 is 5.73 Å². The molecule has 0 radical (unpaired) electrons. The van der Waals surface area contributed by atoms with Gasteiger partial charge in [0.2, 0.25) is 0 Å². The Morgan fingerprint density at radius 2 is 2.17 bits per heavy atom. The van der Waals surface area contributed by atoms with Crippen molar-refractivity contribution in [3.05, 3.63) is 41.7 Å². The van der Waals surface area contributed by atoms with Crippen LogP contribution in [0.15, 0.2) is 40.4 Å². The molecule has 0 aliphatic rings. The lowest BCUT2D eigenvalue weighted by Crippen LogP contribution is -2.18. The summed E-state index contributed by atoms with van der Waals surface area (Å²) in [7, 11) is 1.93. The monoisotopic (exact) mass is 261 g/mol. The molecule has 0 fully saturated rings. The molecule has 1 unspecified atom stereocenters. The van der Waals surface area contributed by atoms with Gasteiger partial charge in [0.05, 0.1) is 11.1 Å².